The highest BCUT2D eigenvalue weighted by molar-refractivity contribution is 5.70. The number of aromatic nitrogens is 2. The number of nitrogens with one attached hydrogen (secondary N) is 1. The average Bonchev–Trinajstić information content (AvgIpc) is 2.52. The first kappa shape index (κ1) is 16.0. The Morgan fingerprint density at radius 1 is 1.19 bits per heavy atom. The molecule has 1 aliphatic rings. The molecule has 1 unspecified atom stereocenters. The van der Waals surface area contributed by atoms with Gasteiger partial charge in [0.05, 0.1) is 6.61 Å². The Morgan fingerprint density at radius 2 is 2.00 bits per heavy atom. The molecule has 0 bridgehead atoms. The molecule has 1 aromatic heterocycles. The molecule has 1 N–H and O–H groups in total. The van der Waals surface area contributed by atoms with Gasteiger partial charge in [0, 0.05) is 18.4 Å². The van der Waals surface area contributed by atoms with Crippen LogP contribution >= 0.6 is 0 Å². The van der Waals surface area contributed by atoms with Crippen LogP contribution in [0.25, 0.3) is 5.57 Å². The van der Waals surface area contributed by atoms with Gasteiger partial charge in [-0.2, -0.15) is 0 Å². The van der Waals surface area contributed by atoms with Crippen molar-refractivity contribution >= 4 is 5.57 Å². The van der Waals surface area contributed by atoms with Crippen molar-refractivity contribution in [3.63, 3.8) is 0 Å². The first-order valence-corrected chi connectivity index (χ1v) is 8.20. The quantitative estimate of drug-likeness (QED) is 0.743. The van der Waals surface area contributed by atoms with E-state index in [0.29, 0.717) is 11.9 Å². The minimum atomic E-state index is 0.308. The van der Waals surface area contributed by atoms with Crippen LogP contribution in [0.2, 0.25) is 0 Å². The summed E-state index contributed by atoms with van der Waals surface area (Å²) in [4.78, 5) is 8.85. The molecule has 0 aliphatic carbocycles. The van der Waals surface area contributed by atoms with Gasteiger partial charge in [0.15, 0.2) is 0 Å². The lowest BCUT2D eigenvalue weighted by Gasteiger charge is -2.22. The van der Waals surface area contributed by atoms with Crippen molar-refractivity contribution in [2.24, 2.45) is 0 Å². The molecule has 4 nitrogen and oxygen atoms in total. The van der Waals surface area contributed by atoms with Gasteiger partial charge in [-0.25, -0.2) is 9.97 Å². The predicted octanol–water partition coefficient (Wildman–Crippen LogP) is 3.59. The average molecular weight is 289 g/mol. The third-order valence-corrected chi connectivity index (χ3v) is 3.85. The molecule has 21 heavy (non-hydrogen) atoms. The Morgan fingerprint density at radius 3 is 2.81 bits per heavy atom. The molecule has 0 radical (unpaired) electrons. The molecule has 2 rings (SSSR count). The smallest absolute Gasteiger partial charge is 0.240 e. The topological polar surface area (TPSA) is 47.0 Å². The highest BCUT2D eigenvalue weighted by Gasteiger charge is 2.19. The van der Waals surface area contributed by atoms with Crippen LogP contribution in [0.4, 0.5) is 0 Å². The van der Waals surface area contributed by atoms with Crippen molar-refractivity contribution in [3.05, 3.63) is 24.2 Å². The molecule has 0 saturated heterocycles. The number of rotatable bonds is 8. The monoisotopic (exact) mass is 289 g/mol. The molecule has 0 saturated carbocycles. The van der Waals surface area contributed by atoms with Gasteiger partial charge in [-0.3, -0.25) is 0 Å². The second-order valence-electron chi connectivity index (χ2n) is 5.60. The molecular weight excluding hydrogens is 262 g/mol. The van der Waals surface area contributed by atoms with Crippen LogP contribution in [0.15, 0.2) is 18.5 Å². The van der Waals surface area contributed by atoms with Gasteiger partial charge in [-0.1, -0.05) is 38.7 Å². The SMILES string of the molecule is CCCCCCCOc1nccnc1C1=CCCNC1C. The van der Waals surface area contributed by atoms with Crippen LogP contribution in [0.5, 0.6) is 5.88 Å². The zero-order valence-electron chi connectivity index (χ0n) is 13.3. The number of hydrogen-bond donors (Lipinski definition) is 1. The van der Waals surface area contributed by atoms with Gasteiger partial charge >= 0.3 is 0 Å². The summed E-state index contributed by atoms with van der Waals surface area (Å²) in [5.41, 5.74) is 2.10. The van der Waals surface area contributed by atoms with Crippen molar-refractivity contribution < 1.29 is 4.74 Å². The lowest BCUT2D eigenvalue weighted by Crippen LogP contribution is -2.31. The van der Waals surface area contributed by atoms with Crippen LogP contribution < -0.4 is 10.1 Å². The third-order valence-electron chi connectivity index (χ3n) is 3.85. The van der Waals surface area contributed by atoms with E-state index in [9.17, 15) is 0 Å². The molecule has 1 aromatic rings. The summed E-state index contributed by atoms with van der Waals surface area (Å²) < 4.78 is 5.88. The van der Waals surface area contributed by atoms with Gasteiger partial charge in [0.25, 0.3) is 0 Å². The number of hydrogen-bond acceptors (Lipinski definition) is 4. The summed E-state index contributed by atoms with van der Waals surface area (Å²) in [5.74, 6) is 0.676. The first-order chi connectivity index (χ1) is 10.3. The standard InChI is InChI=1S/C17H27N3O/c1-3-4-5-6-7-13-21-17-16(19-11-12-20-17)15-9-8-10-18-14(15)2/h9,11-12,14,18H,3-8,10,13H2,1-2H3. The largest absolute Gasteiger partial charge is 0.476 e. The Balaban J connectivity index is 1.92. The number of unbranched alkanes of at least 4 members (excludes halogenated alkanes) is 4. The Labute approximate surface area is 128 Å². The fraction of sp³-hybridized carbons (Fsp3) is 0.647. The molecule has 1 aliphatic heterocycles. The third kappa shape index (κ3) is 4.81. The zero-order chi connectivity index (χ0) is 14.9. The molecule has 1 atom stereocenters. The molecule has 0 amide bonds. The second kappa shape index (κ2) is 8.78. The van der Waals surface area contributed by atoms with E-state index in [1.54, 1.807) is 12.4 Å². The summed E-state index contributed by atoms with van der Waals surface area (Å²) in [7, 11) is 0. The highest BCUT2D eigenvalue weighted by atomic mass is 16.5. The van der Waals surface area contributed by atoms with Crippen LogP contribution in [-0.4, -0.2) is 29.2 Å². The molecule has 4 heteroatoms. The summed E-state index contributed by atoms with van der Waals surface area (Å²) in [6, 6.07) is 0.308. The van der Waals surface area contributed by atoms with E-state index < -0.39 is 0 Å². The number of nitrogens with zero attached hydrogens (tertiary/aromatic N) is 2. The van der Waals surface area contributed by atoms with Crippen molar-refractivity contribution in [3.8, 4) is 5.88 Å². The van der Waals surface area contributed by atoms with Crippen molar-refractivity contribution in [1.29, 1.82) is 0 Å². The first-order valence-electron chi connectivity index (χ1n) is 8.20. The molecule has 2 heterocycles. The van der Waals surface area contributed by atoms with Crippen LogP contribution in [0.3, 0.4) is 0 Å². The normalized spacial score (nSPS) is 18.4. The maximum Gasteiger partial charge on any atom is 0.240 e. The molecule has 0 aromatic carbocycles. The van der Waals surface area contributed by atoms with Crippen molar-refractivity contribution in [1.82, 2.24) is 15.3 Å². The fourth-order valence-electron chi connectivity index (χ4n) is 2.62. The van der Waals surface area contributed by atoms with Gasteiger partial charge in [0.2, 0.25) is 5.88 Å². The minimum Gasteiger partial charge on any atom is -0.476 e. The molecule has 116 valence electrons. The Bertz CT molecular complexity index is 459. The maximum atomic E-state index is 5.88. The van der Waals surface area contributed by atoms with Gasteiger partial charge < -0.3 is 10.1 Å². The van der Waals surface area contributed by atoms with E-state index >= 15 is 0 Å². The zero-order valence-corrected chi connectivity index (χ0v) is 13.3. The van der Waals surface area contributed by atoms with Crippen LogP contribution in [0, 0.1) is 0 Å². The van der Waals surface area contributed by atoms with E-state index in [-0.39, 0.29) is 0 Å². The van der Waals surface area contributed by atoms with Gasteiger partial charge in [0.1, 0.15) is 5.69 Å². The lowest BCUT2D eigenvalue weighted by atomic mass is 10.0. The van der Waals surface area contributed by atoms with Crippen LogP contribution in [-0.2, 0) is 0 Å². The highest BCUT2D eigenvalue weighted by Crippen LogP contribution is 2.26. The molecule has 0 spiro atoms. The molecule has 0 fully saturated rings. The van der Waals surface area contributed by atoms with E-state index in [4.69, 9.17) is 4.74 Å². The fourth-order valence-corrected chi connectivity index (χ4v) is 2.62. The summed E-state index contributed by atoms with van der Waals surface area (Å²) >= 11 is 0. The van der Waals surface area contributed by atoms with Gasteiger partial charge in [-0.05, 0) is 31.9 Å². The van der Waals surface area contributed by atoms with E-state index in [0.717, 1.165) is 31.7 Å². The summed E-state index contributed by atoms with van der Waals surface area (Å²) in [6.45, 7) is 6.15. The Kier molecular flexibility index (Phi) is 6.67. The van der Waals surface area contributed by atoms with Crippen molar-refractivity contribution in [2.45, 2.75) is 58.4 Å². The predicted molar refractivity (Wildman–Crippen MR) is 86.3 cm³/mol. The van der Waals surface area contributed by atoms with Crippen molar-refractivity contribution in [2.75, 3.05) is 13.2 Å². The maximum absolute atomic E-state index is 5.88. The minimum absolute atomic E-state index is 0.308. The summed E-state index contributed by atoms with van der Waals surface area (Å²) in [5, 5.41) is 3.46. The lowest BCUT2D eigenvalue weighted by molar-refractivity contribution is 0.291. The van der Waals surface area contributed by atoms with E-state index in [1.165, 1.54) is 31.3 Å². The molecular formula is C17H27N3O. The number of ether oxygens (including phenoxy) is 1. The second-order valence-corrected chi connectivity index (χ2v) is 5.60. The van der Waals surface area contributed by atoms with Gasteiger partial charge in [-0.15, -0.1) is 0 Å². The Hall–Kier alpha value is -1.42. The van der Waals surface area contributed by atoms with E-state index in [2.05, 4.69) is 35.2 Å². The van der Waals surface area contributed by atoms with E-state index in [1.807, 2.05) is 0 Å². The summed E-state index contributed by atoms with van der Waals surface area (Å²) in [6.07, 6.45) is 12.9. The van der Waals surface area contributed by atoms with Crippen LogP contribution in [0.1, 0.15) is 58.1 Å².